The van der Waals surface area contributed by atoms with Crippen molar-refractivity contribution in [2.45, 2.75) is 6.10 Å². The van der Waals surface area contributed by atoms with Crippen LogP contribution in [0, 0.1) is 0 Å². The molecule has 2 aliphatic heterocycles. The van der Waals surface area contributed by atoms with Gasteiger partial charge in [-0.2, -0.15) is 0 Å². The summed E-state index contributed by atoms with van der Waals surface area (Å²) in [5.74, 6) is 0.0755. The van der Waals surface area contributed by atoms with Crippen molar-refractivity contribution in [2.24, 2.45) is 0 Å². The number of ether oxygens (including phenoxy) is 1. The highest BCUT2D eigenvalue weighted by Gasteiger charge is 2.29. The third kappa shape index (κ3) is 5.01. The van der Waals surface area contributed by atoms with Crippen molar-refractivity contribution < 1.29 is 14.3 Å². The van der Waals surface area contributed by atoms with E-state index in [1.54, 1.807) is 24.3 Å². The maximum absolute atomic E-state index is 12.8. The number of hydrogen-bond acceptors (Lipinski definition) is 4. The minimum atomic E-state index is -0.0294. The normalized spacial score (nSPS) is 20.2. The first-order valence-corrected chi connectivity index (χ1v) is 10.7. The van der Waals surface area contributed by atoms with Gasteiger partial charge in [-0.05, 0) is 30.3 Å². The van der Waals surface area contributed by atoms with Gasteiger partial charge in [-0.15, -0.1) is 0 Å². The largest absolute Gasteiger partial charge is 0.373 e. The number of morpholine rings is 1. The van der Waals surface area contributed by atoms with E-state index in [-0.39, 0.29) is 17.9 Å². The van der Waals surface area contributed by atoms with Crippen LogP contribution in [0.1, 0.15) is 20.7 Å². The highest BCUT2D eigenvalue weighted by molar-refractivity contribution is 6.30. The number of amides is 2. The molecule has 0 saturated carbocycles. The Hall–Kier alpha value is -2.41. The molecule has 2 aromatic rings. The summed E-state index contributed by atoms with van der Waals surface area (Å²) in [7, 11) is 0. The van der Waals surface area contributed by atoms with E-state index in [1.807, 2.05) is 40.1 Å². The van der Waals surface area contributed by atoms with Gasteiger partial charge in [0.05, 0.1) is 12.7 Å². The van der Waals surface area contributed by atoms with E-state index >= 15 is 0 Å². The van der Waals surface area contributed by atoms with Crippen molar-refractivity contribution in [3.63, 3.8) is 0 Å². The molecule has 2 heterocycles. The first-order chi connectivity index (χ1) is 14.6. The first kappa shape index (κ1) is 20.8. The fourth-order valence-electron chi connectivity index (χ4n) is 4.00. The molecule has 4 rings (SSSR count). The second kappa shape index (κ2) is 9.60. The van der Waals surface area contributed by atoms with Crippen molar-refractivity contribution in [3.05, 3.63) is 70.7 Å². The number of nitrogens with zero attached hydrogens (tertiary/aromatic N) is 3. The summed E-state index contributed by atoms with van der Waals surface area (Å²) < 4.78 is 5.92. The van der Waals surface area contributed by atoms with Gasteiger partial charge in [-0.25, -0.2) is 0 Å². The van der Waals surface area contributed by atoms with Crippen molar-refractivity contribution in [1.82, 2.24) is 14.7 Å². The summed E-state index contributed by atoms with van der Waals surface area (Å²) in [4.78, 5) is 31.5. The predicted octanol–water partition coefficient (Wildman–Crippen LogP) is 2.64. The Morgan fingerprint density at radius 2 is 1.57 bits per heavy atom. The highest BCUT2D eigenvalue weighted by atomic mass is 35.5. The van der Waals surface area contributed by atoms with Crippen LogP contribution in [0.3, 0.4) is 0 Å². The summed E-state index contributed by atoms with van der Waals surface area (Å²) >= 11 is 6.03. The van der Waals surface area contributed by atoms with Crippen molar-refractivity contribution in [3.8, 4) is 0 Å². The van der Waals surface area contributed by atoms with Gasteiger partial charge in [0.1, 0.15) is 0 Å². The lowest BCUT2D eigenvalue weighted by Gasteiger charge is -2.39. The molecule has 0 aliphatic carbocycles. The topological polar surface area (TPSA) is 53.1 Å². The SMILES string of the molecule is O=C(c1ccccc1)N1CCN(CC2CN(C(=O)c3cccc(Cl)c3)CCO2)CC1. The van der Waals surface area contributed by atoms with Crippen LogP contribution < -0.4 is 0 Å². The summed E-state index contributed by atoms with van der Waals surface area (Å²) in [6.45, 7) is 5.45. The maximum atomic E-state index is 12.8. The molecule has 0 aromatic heterocycles. The third-order valence-corrected chi connectivity index (χ3v) is 5.87. The van der Waals surface area contributed by atoms with Crippen LogP contribution in [0.2, 0.25) is 5.02 Å². The Balaban J connectivity index is 1.28. The zero-order chi connectivity index (χ0) is 20.9. The van der Waals surface area contributed by atoms with Gasteiger partial charge in [0.2, 0.25) is 0 Å². The average molecular weight is 428 g/mol. The van der Waals surface area contributed by atoms with Crippen LogP contribution in [-0.2, 0) is 4.74 Å². The molecule has 0 spiro atoms. The molecule has 2 saturated heterocycles. The Morgan fingerprint density at radius 1 is 0.867 bits per heavy atom. The second-order valence-electron chi connectivity index (χ2n) is 7.71. The second-order valence-corrected chi connectivity index (χ2v) is 8.15. The van der Waals surface area contributed by atoms with Gasteiger partial charge < -0.3 is 14.5 Å². The van der Waals surface area contributed by atoms with E-state index in [4.69, 9.17) is 16.3 Å². The lowest BCUT2D eigenvalue weighted by atomic mass is 10.1. The fourth-order valence-corrected chi connectivity index (χ4v) is 4.19. The molecule has 6 nitrogen and oxygen atoms in total. The van der Waals surface area contributed by atoms with Crippen LogP contribution in [0.15, 0.2) is 54.6 Å². The van der Waals surface area contributed by atoms with E-state index < -0.39 is 0 Å². The molecule has 30 heavy (non-hydrogen) atoms. The first-order valence-electron chi connectivity index (χ1n) is 10.3. The fraction of sp³-hybridized carbons (Fsp3) is 0.391. The van der Waals surface area contributed by atoms with Crippen LogP contribution in [0.5, 0.6) is 0 Å². The molecule has 2 aliphatic rings. The average Bonchev–Trinajstić information content (AvgIpc) is 2.79. The molecule has 2 aromatic carbocycles. The molecular formula is C23H26ClN3O3. The van der Waals surface area contributed by atoms with Crippen molar-refractivity contribution in [2.75, 3.05) is 52.4 Å². The van der Waals surface area contributed by atoms with E-state index in [0.717, 1.165) is 25.2 Å². The molecule has 0 radical (unpaired) electrons. The Morgan fingerprint density at radius 3 is 2.30 bits per heavy atom. The maximum Gasteiger partial charge on any atom is 0.254 e. The van der Waals surface area contributed by atoms with E-state index in [2.05, 4.69) is 4.90 Å². The monoisotopic (exact) mass is 427 g/mol. The Bertz CT molecular complexity index is 884. The van der Waals surface area contributed by atoms with Gasteiger partial charge in [-0.3, -0.25) is 14.5 Å². The van der Waals surface area contributed by atoms with Crippen LogP contribution in [0.4, 0.5) is 0 Å². The summed E-state index contributed by atoms with van der Waals surface area (Å²) in [5, 5.41) is 0.564. The van der Waals surface area contributed by atoms with Crippen LogP contribution >= 0.6 is 11.6 Å². The number of carbonyl (C=O) groups is 2. The molecule has 158 valence electrons. The van der Waals surface area contributed by atoms with Gasteiger partial charge in [0.15, 0.2) is 0 Å². The zero-order valence-electron chi connectivity index (χ0n) is 16.9. The van der Waals surface area contributed by atoms with E-state index in [9.17, 15) is 9.59 Å². The van der Waals surface area contributed by atoms with Crippen LogP contribution in [-0.4, -0.2) is 85.0 Å². The lowest BCUT2D eigenvalue weighted by Crippen LogP contribution is -2.54. The summed E-state index contributed by atoms with van der Waals surface area (Å²) in [5.41, 5.74) is 1.34. The molecule has 1 unspecified atom stereocenters. The Kier molecular flexibility index (Phi) is 6.67. The molecule has 0 N–H and O–H groups in total. The van der Waals surface area contributed by atoms with Crippen molar-refractivity contribution >= 4 is 23.4 Å². The van der Waals surface area contributed by atoms with Crippen molar-refractivity contribution in [1.29, 1.82) is 0 Å². The molecular weight excluding hydrogens is 402 g/mol. The van der Waals surface area contributed by atoms with Gasteiger partial charge in [-0.1, -0.05) is 35.9 Å². The quantitative estimate of drug-likeness (QED) is 0.752. The van der Waals surface area contributed by atoms with E-state index in [0.29, 0.717) is 43.4 Å². The molecule has 0 bridgehead atoms. The summed E-state index contributed by atoms with van der Waals surface area (Å²) in [6, 6.07) is 16.5. The molecule has 2 amide bonds. The Labute approximate surface area is 182 Å². The number of piperazine rings is 1. The zero-order valence-corrected chi connectivity index (χ0v) is 17.6. The van der Waals surface area contributed by atoms with Gasteiger partial charge in [0.25, 0.3) is 11.8 Å². The molecule has 7 heteroatoms. The minimum absolute atomic E-state index is 0.0101. The van der Waals surface area contributed by atoms with Crippen LogP contribution in [0.25, 0.3) is 0 Å². The number of rotatable bonds is 4. The standard InChI is InChI=1S/C23H26ClN3O3/c24-20-8-4-7-19(15-20)23(29)27-13-14-30-21(17-27)16-25-9-11-26(12-10-25)22(28)18-5-2-1-3-6-18/h1-8,15,21H,9-14,16-17H2. The minimum Gasteiger partial charge on any atom is -0.373 e. The molecule has 2 fully saturated rings. The third-order valence-electron chi connectivity index (χ3n) is 5.64. The number of carbonyl (C=O) groups excluding carboxylic acids is 2. The van der Waals surface area contributed by atoms with E-state index in [1.165, 1.54) is 0 Å². The highest BCUT2D eigenvalue weighted by Crippen LogP contribution is 2.16. The predicted molar refractivity (Wildman–Crippen MR) is 116 cm³/mol. The molecule has 1 atom stereocenters. The number of benzene rings is 2. The number of hydrogen-bond donors (Lipinski definition) is 0. The number of halogens is 1. The lowest BCUT2D eigenvalue weighted by molar-refractivity contribution is -0.0399. The smallest absolute Gasteiger partial charge is 0.254 e. The van der Waals surface area contributed by atoms with Gasteiger partial charge >= 0.3 is 0 Å². The summed E-state index contributed by atoms with van der Waals surface area (Å²) in [6.07, 6.45) is -0.0294. The van der Waals surface area contributed by atoms with Gasteiger partial charge in [0, 0.05) is 62.0 Å².